The maximum Gasteiger partial charge on any atom is 0.0792 e. The molecule has 26 heavy (non-hydrogen) atoms. The van der Waals surface area contributed by atoms with Crippen LogP contribution in [-0.4, -0.2) is 22.8 Å². The molecule has 5 aliphatic rings. The van der Waals surface area contributed by atoms with Crippen LogP contribution in [0.4, 0.5) is 0 Å². The Morgan fingerprint density at radius 3 is 1.92 bits per heavy atom. The molecule has 0 saturated heterocycles. The molecule has 0 aromatic heterocycles. The van der Waals surface area contributed by atoms with Crippen LogP contribution in [0.3, 0.4) is 0 Å². The molecule has 0 aromatic carbocycles. The second kappa shape index (κ2) is 6.34. The van der Waals surface area contributed by atoms with Crippen LogP contribution in [0.15, 0.2) is 111 Å². The number of fused-ring (bicyclic) bond motifs is 4. The van der Waals surface area contributed by atoms with E-state index in [1.54, 1.807) is 6.08 Å². The highest BCUT2D eigenvalue weighted by atomic mass is 127. The number of nitrogens with zero attached hydrogens (tertiary/aromatic N) is 4. The van der Waals surface area contributed by atoms with E-state index in [1.165, 1.54) is 0 Å². The Bertz CT molecular complexity index is 1180. The van der Waals surface area contributed by atoms with Crippen molar-refractivity contribution in [2.24, 2.45) is 20.0 Å². The highest BCUT2D eigenvalue weighted by molar-refractivity contribution is 14.1. The van der Waals surface area contributed by atoms with Crippen molar-refractivity contribution < 1.29 is 1.37 Å². The zero-order valence-corrected chi connectivity index (χ0v) is 17.6. The highest BCUT2D eigenvalue weighted by Gasteiger charge is 2.17. The molecule has 124 valence electrons. The van der Waals surface area contributed by atoms with Gasteiger partial charge in [-0.1, -0.05) is 0 Å². The summed E-state index contributed by atoms with van der Waals surface area (Å²) in [5.41, 5.74) is 6.42. The third-order valence-corrected chi connectivity index (χ3v) is 5.72. The van der Waals surface area contributed by atoms with Crippen molar-refractivity contribution in [1.29, 1.82) is 0 Å². The van der Waals surface area contributed by atoms with E-state index in [0.717, 1.165) is 47.1 Å². The van der Waals surface area contributed by atoms with Crippen molar-refractivity contribution in [2.45, 2.75) is 0 Å². The Kier molecular flexibility index (Phi) is 3.70. The summed E-state index contributed by atoms with van der Waals surface area (Å²) in [5.74, 6) is 0. The summed E-state index contributed by atoms with van der Waals surface area (Å²) in [5, 5.41) is 0. The Morgan fingerprint density at radius 2 is 1.15 bits per heavy atom. The van der Waals surface area contributed by atoms with Crippen molar-refractivity contribution in [2.75, 3.05) is 0 Å². The molecule has 0 saturated carbocycles. The Hall–Kier alpha value is -1.94. The van der Waals surface area contributed by atoms with E-state index >= 15 is 0 Å². The second-order valence-corrected chi connectivity index (χ2v) is 8.24. The molecule has 4 nitrogen and oxygen atoms in total. The van der Waals surface area contributed by atoms with Gasteiger partial charge in [0.25, 0.3) is 0 Å². The molecule has 0 radical (unpaired) electrons. The van der Waals surface area contributed by atoms with Gasteiger partial charge in [-0.2, -0.15) is 0 Å². The summed E-state index contributed by atoms with van der Waals surface area (Å²) in [4.78, 5) is 18.5. The molecule has 5 rings (SSSR count). The molecule has 6 heteroatoms. The number of rotatable bonds is 0. The van der Waals surface area contributed by atoms with Crippen molar-refractivity contribution in [3.63, 3.8) is 0 Å². The fraction of sp³-hybridized carbons (Fsp3) is 0. The maximum atomic E-state index is 8.18. The van der Waals surface area contributed by atoms with E-state index in [0.29, 0.717) is 11.8 Å². The largest absolute Gasteiger partial charge is 0.249 e. The fourth-order valence-corrected chi connectivity index (χ4v) is 4.02. The van der Waals surface area contributed by atoms with Crippen LogP contribution in [0.25, 0.3) is 0 Å². The van der Waals surface area contributed by atoms with Crippen LogP contribution in [0, 0.1) is 0 Å². The number of hydrogen-bond acceptors (Lipinski definition) is 4. The lowest BCUT2D eigenvalue weighted by atomic mass is 10.2. The molecule has 0 aromatic rings. The van der Waals surface area contributed by atoms with Gasteiger partial charge in [-0.15, -0.1) is 0 Å². The van der Waals surface area contributed by atoms with Crippen LogP contribution in [-0.2, 0) is 0 Å². The molecule has 0 spiro atoms. The zero-order valence-electron chi connectivity index (χ0n) is 14.2. The predicted octanol–water partition coefficient (Wildman–Crippen LogP) is 5.10. The number of halogens is 2. The van der Waals surface area contributed by atoms with Gasteiger partial charge in [0, 0.05) is 7.16 Å². The minimum atomic E-state index is 0.379. The van der Waals surface area contributed by atoms with Crippen LogP contribution in [0.5, 0.6) is 0 Å². The molecule has 0 amide bonds. The van der Waals surface area contributed by atoms with Gasteiger partial charge in [0.1, 0.15) is 0 Å². The molecule has 0 N–H and O–H groups in total. The summed E-state index contributed by atoms with van der Waals surface area (Å²) in [6, 6.07) is 0.379. The summed E-state index contributed by atoms with van der Waals surface area (Å²) < 4.78 is 10.3. The predicted molar refractivity (Wildman–Crippen MR) is 125 cm³/mol. The quantitative estimate of drug-likeness (QED) is 0.370. The standard InChI is InChI=1S/C20H10I2N4/c21-17-7-15-6-13-2-1-11(23-13)5-12-3-4-14(24-12)9-19-18(22)8-16(26-19)10-20(17)25-15/h1-10H/i3D. The lowest BCUT2D eigenvalue weighted by Crippen LogP contribution is -1.91. The first-order valence-corrected chi connectivity index (χ1v) is 10.0. The Balaban J connectivity index is 1.69. The number of allylic oxidation sites excluding steroid dienone is 12. The van der Waals surface area contributed by atoms with Crippen molar-refractivity contribution in [1.82, 2.24) is 0 Å². The molecule has 5 heterocycles. The SMILES string of the molecule is [2H]C1=CC2=CC3=NC(=CC4=NC(=CC5=NC(=CC1=N2)C=C5)C=C4I)C=C3I. The number of hydrogen-bond donors (Lipinski definition) is 0. The third kappa shape index (κ3) is 3.11. The molecule has 0 fully saturated rings. The van der Waals surface area contributed by atoms with Crippen molar-refractivity contribution >= 4 is 68.0 Å². The summed E-state index contributed by atoms with van der Waals surface area (Å²) in [6.45, 7) is 0. The minimum Gasteiger partial charge on any atom is -0.249 e. The van der Waals surface area contributed by atoms with Gasteiger partial charge < -0.3 is 0 Å². The first-order chi connectivity index (χ1) is 13.0. The first-order valence-electron chi connectivity index (χ1n) is 8.37. The van der Waals surface area contributed by atoms with Crippen molar-refractivity contribution in [3.05, 3.63) is 90.7 Å². The number of aliphatic imine (C=N–C) groups is 4. The van der Waals surface area contributed by atoms with Gasteiger partial charge in [-0.05, 0) is 106 Å². The first kappa shape index (κ1) is 15.2. The average molecular weight is 561 g/mol. The molecule has 0 aliphatic carbocycles. The summed E-state index contributed by atoms with van der Waals surface area (Å²) in [7, 11) is 0. The summed E-state index contributed by atoms with van der Waals surface area (Å²) in [6.07, 6.45) is 17.4. The van der Waals surface area contributed by atoms with E-state index in [-0.39, 0.29) is 0 Å². The lowest BCUT2D eigenvalue weighted by Gasteiger charge is -1.95. The van der Waals surface area contributed by atoms with Gasteiger partial charge in [-0.3, -0.25) is 0 Å². The van der Waals surface area contributed by atoms with E-state index in [2.05, 4.69) is 55.2 Å². The zero-order chi connectivity index (χ0) is 18.5. The van der Waals surface area contributed by atoms with E-state index in [4.69, 9.17) is 11.4 Å². The molecule has 5 aliphatic heterocycles. The van der Waals surface area contributed by atoms with Crippen LogP contribution in [0.1, 0.15) is 1.37 Å². The van der Waals surface area contributed by atoms with Crippen molar-refractivity contribution in [3.8, 4) is 0 Å². The third-order valence-electron chi connectivity index (χ3n) is 3.99. The van der Waals surface area contributed by atoms with Crippen LogP contribution >= 0.6 is 45.2 Å². The summed E-state index contributed by atoms with van der Waals surface area (Å²) >= 11 is 4.57. The topological polar surface area (TPSA) is 49.4 Å². The Morgan fingerprint density at radius 1 is 0.577 bits per heavy atom. The van der Waals surface area contributed by atoms with Gasteiger partial charge in [0.05, 0.1) is 47.0 Å². The molecule has 8 bridgehead atoms. The smallest absolute Gasteiger partial charge is 0.0792 e. The van der Waals surface area contributed by atoms with Gasteiger partial charge in [0.15, 0.2) is 0 Å². The van der Waals surface area contributed by atoms with Gasteiger partial charge in [0.2, 0.25) is 0 Å². The molecular weight excluding hydrogens is 550 g/mol. The maximum absolute atomic E-state index is 8.18. The average Bonchev–Trinajstić information content (AvgIpc) is 3.34. The Labute approximate surface area is 179 Å². The van der Waals surface area contributed by atoms with Crippen LogP contribution < -0.4 is 0 Å². The molecular formula is C20H10I2N4. The molecule has 0 unspecified atom stereocenters. The second-order valence-electron chi connectivity index (χ2n) is 5.91. The van der Waals surface area contributed by atoms with Gasteiger partial charge >= 0.3 is 0 Å². The fourth-order valence-electron chi connectivity index (χ4n) is 2.83. The minimum absolute atomic E-state index is 0.379. The van der Waals surface area contributed by atoms with Crippen LogP contribution in [0.2, 0.25) is 0 Å². The lowest BCUT2D eigenvalue weighted by molar-refractivity contribution is 1.41. The monoisotopic (exact) mass is 561 g/mol. The molecule has 0 atom stereocenters. The normalized spacial score (nSPS) is 23.6. The van der Waals surface area contributed by atoms with Gasteiger partial charge in [-0.25, -0.2) is 20.0 Å². The van der Waals surface area contributed by atoms with E-state index < -0.39 is 0 Å². The van der Waals surface area contributed by atoms with E-state index in [1.807, 2.05) is 48.6 Å². The van der Waals surface area contributed by atoms with E-state index in [9.17, 15) is 0 Å². The highest BCUT2D eigenvalue weighted by Crippen LogP contribution is 2.28.